The molecule has 0 bridgehead atoms. The van der Waals surface area contributed by atoms with Gasteiger partial charge < -0.3 is 10.6 Å². The zero-order valence-electron chi connectivity index (χ0n) is 22.7. The molecule has 222 valence electrons. The molecule has 12 heteroatoms. The molecule has 2 aromatic heterocycles. The highest BCUT2D eigenvalue weighted by atomic mass is 32.2. The van der Waals surface area contributed by atoms with Crippen LogP contribution in [-0.2, 0) is 21.8 Å². The summed E-state index contributed by atoms with van der Waals surface area (Å²) < 4.78 is 55.8. The number of thiazole rings is 1. The monoisotopic (exact) mass is 634 g/mol. The lowest BCUT2D eigenvalue weighted by Gasteiger charge is -2.20. The van der Waals surface area contributed by atoms with E-state index in [0.717, 1.165) is 23.5 Å². The molecule has 0 radical (unpaired) electrons. The molecule has 4 aromatic carbocycles. The molecule has 0 spiro atoms. The number of hydrogen-bond acceptors (Lipinski definition) is 6. The van der Waals surface area contributed by atoms with Gasteiger partial charge in [-0.05, 0) is 29.8 Å². The van der Waals surface area contributed by atoms with Gasteiger partial charge in [-0.2, -0.15) is 11.8 Å². The predicted molar refractivity (Wildman–Crippen MR) is 166 cm³/mol. The number of benzene rings is 4. The summed E-state index contributed by atoms with van der Waals surface area (Å²) in [6, 6.07) is 18.5. The van der Waals surface area contributed by atoms with Gasteiger partial charge in [-0.25, -0.2) is 27.5 Å². The van der Waals surface area contributed by atoms with Gasteiger partial charge in [0, 0.05) is 34.4 Å². The van der Waals surface area contributed by atoms with Crippen LogP contribution in [0.2, 0.25) is 0 Å². The topological polar surface area (TPSA) is 84.0 Å². The van der Waals surface area contributed by atoms with Crippen molar-refractivity contribution >= 4 is 72.6 Å². The molecule has 0 saturated heterocycles. The van der Waals surface area contributed by atoms with Crippen molar-refractivity contribution in [1.82, 2.24) is 15.3 Å². The molecule has 44 heavy (non-hydrogen) atoms. The van der Waals surface area contributed by atoms with Crippen molar-refractivity contribution in [1.29, 1.82) is 0 Å². The number of rotatable bonds is 9. The van der Waals surface area contributed by atoms with E-state index in [1.54, 1.807) is 0 Å². The molecule has 2 heterocycles. The van der Waals surface area contributed by atoms with Crippen LogP contribution in [0.4, 0.5) is 23.2 Å². The number of aromatic nitrogens is 2. The Morgan fingerprint density at radius 3 is 2.20 bits per heavy atom. The van der Waals surface area contributed by atoms with Crippen LogP contribution in [0.3, 0.4) is 0 Å². The van der Waals surface area contributed by atoms with Gasteiger partial charge >= 0.3 is 0 Å². The molecule has 0 aliphatic carbocycles. The minimum Gasteiger partial charge on any atom is -0.343 e. The first-order valence-electron chi connectivity index (χ1n) is 13.4. The molecular formula is C32H22F4N4O2S2. The summed E-state index contributed by atoms with van der Waals surface area (Å²) >= 11 is 2.39. The van der Waals surface area contributed by atoms with Crippen LogP contribution in [0, 0.1) is 23.3 Å². The highest BCUT2D eigenvalue weighted by Gasteiger charge is 2.24. The third-order valence-electron chi connectivity index (χ3n) is 6.82. The molecule has 2 N–H and O–H groups in total. The summed E-state index contributed by atoms with van der Waals surface area (Å²) in [4.78, 5) is 35.7. The second kappa shape index (κ2) is 12.6. The van der Waals surface area contributed by atoms with Crippen LogP contribution in [-0.4, -0.2) is 33.6 Å². The Labute approximate surface area is 256 Å². The number of fused-ring (bicyclic) bond motifs is 3. The quantitative estimate of drug-likeness (QED) is 0.130. The van der Waals surface area contributed by atoms with Gasteiger partial charge in [0.25, 0.3) is 0 Å². The molecule has 0 fully saturated rings. The van der Waals surface area contributed by atoms with E-state index in [0.29, 0.717) is 43.3 Å². The summed E-state index contributed by atoms with van der Waals surface area (Å²) in [5.74, 6) is -3.93. The molecule has 1 atom stereocenters. The fourth-order valence-electron chi connectivity index (χ4n) is 4.78. The average molecular weight is 635 g/mol. The normalized spacial score (nSPS) is 12.1. The Balaban J connectivity index is 1.25. The molecule has 0 aliphatic rings. The van der Waals surface area contributed by atoms with E-state index >= 15 is 0 Å². The molecule has 2 amide bonds. The highest BCUT2D eigenvalue weighted by molar-refractivity contribution is 7.98. The Morgan fingerprint density at radius 2 is 1.50 bits per heavy atom. The maximum absolute atomic E-state index is 14.3. The average Bonchev–Trinajstić information content (AvgIpc) is 3.41. The van der Waals surface area contributed by atoms with Crippen LogP contribution in [0.5, 0.6) is 0 Å². The van der Waals surface area contributed by atoms with E-state index in [2.05, 4.69) is 20.6 Å². The molecule has 0 saturated carbocycles. The molecule has 6 nitrogen and oxygen atoms in total. The second-order valence-corrected chi connectivity index (χ2v) is 12.0. The number of carbonyl (C=O) groups is 2. The summed E-state index contributed by atoms with van der Waals surface area (Å²) in [5.41, 5.74) is 1.90. The molecular weight excluding hydrogens is 613 g/mol. The first kappa shape index (κ1) is 29.5. The van der Waals surface area contributed by atoms with E-state index in [1.807, 2.05) is 48.5 Å². The first-order chi connectivity index (χ1) is 21.2. The van der Waals surface area contributed by atoms with E-state index < -0.39 is 47.5 Å². The van der Waals surface area contributed by atoms with Crippen LogP contribution in [0.25, 0.3) is 32.0 Å². The van der Waals surface area contributed by atoms with E-state index in [9.17, 15) is 27.2 Å². The smallest absolute Gasteiger partial charge is 0.247 e. The largest absolute Gasteiger partial charge is 0.343 e. The number of halogens is 4. The van der Waals surface area contributed by atoms with Gasteiger partial charge in [0.2, 0.25) is 11.8 Å². The first-order valence-corrected chi connectivity index (χ1v) is 15.4. The fraction of sp³-hybridized carbons (Fsp3) is 0.125. The van der Waals surface area contributed by atoms with E-state index in [4.69, 9.17) is 0 Å². The van der Waals surface area contributed by atoms with Gasteiger partial charge in [0.05, 0.1) is 27.8 Å². The van der Waals surface area contributed by atoms with Crippen molar-refractivity contribution in [3.63, 3.8) is 0 Å². The number of amides is 2. The van der Waals surface area contributed by atoms with Crippen molar-refractivity contribution in [3.8, 4) is 0 Å². The third-order valence-corrected chi connectivity index (χ3v) is 9.05. The van der Waals surface area contributed by atoms with Crippen molar-refractivity contribution in [2.24, 2.45) is 0 Å². The van der Waals surface area contributed by atoms with Gasteiger partial charge in [-0.1, -0.05) is 42.5 Å². The minimum atomic E-state index is -1.08. The number of anilines is 1. The maximum atomic E-state index is 14.3. The third kappa shape index (κ3) is 6.36. The molecule has 6 aromatic rings. The summed E-state index contributed by atoms with van der Waals surface area (Å²) in [6.45, 7) is 0. The highest BCUT2D eigenvalue weighted by Crippen LogP contribution is 2.31. The van der Waals surface area contributed by atoms with Gasteiger partial charge in [0.1, 0.15) is 34.0 Å². The number of nitrogens with one attached hydrogen (secondary N) is 2. The number of pyridine rings is 1. The lowest BCUT2D eigenvalue weighted by molar-refractivity contribution is -0.125. The van der Waals surface area contributed by atoms with Crippen LogP contribution >= 0.6 is 23.1 Å². The Hall–Kier alpha value is -4.55. The zero-order valence-corrected chi connectivity index (χ0v) is 24.4. The van der Waals surface area contributed by atoms with Gasteiger partial charge in [-0.15, -0.1) is 11.3 Å². The minimum absolute atomic E-state index is 0.0226. The van der Waals surface area contributed by atoms with Gasteiger partial charge in [-0.3, -0.25) is 9.59 Å². The maximum Gasteiger partial charge on any atom is 0.247 e. The molecule has 1 unspecified atom stereocenters. The predicted octanol–water partition coefficient (Wildman–Crippen LogP) is 7.15. The standard InChI is InChI=1S/C32H22F4N4O2S2/c33-18-10-9-17(22(35)12-18)11-28(41)38-26(15-43-16-29-39-31-23(36)13-19(34)14-27(31)44-29)32(42)40-30-20-5-1-3-7-24(20)37-25-8-4-2-6-21(25)30/h1-10,12-14,26H,11,15-16H2,(H,38,41)(H,37,40,42). The Morgan fingerprint density at radius 1 is 0.818 bits per heavy atom. The van der Waals surface area contributed by atoms with E-state index in [-0.39, 0.29) is 22.6 Å². The second-order valence-electron chi connectivity index (χ2n) is 9.90. The van der Waals surface area contributed by atoms with Crippen LogP contribution in [0.15, 0.2) is 78.9 Å². The zero-order chi connectivity index (χ0) is 30.8. The van der Waals surface area contributed by atoms with Crippen molar-refractivity contribution < 1.29 is 27.2 Å². The van der Waals surface area contributed by atoms with Crippen LogP contribution in [0.1, 0.15) is 10.6 Å². The van der Waals surface area contributed by atoms with Crippen molar-refractivity contribution in [2.75, 3.05) is 11.1 Å². The summed E-state index contributed by atoms with van der Waals surface area (Å²) in [7, 11) is 0. The van der Waals surface area contributed by atoms with Crippen LogP contribution < -0.4 is 10.6 Å². The summed E-state index contributed by atoms with van der Waals surface area (Å²) in [5, 5.41) is 7.56. The van der Waals surface area contributed by atoms with Crippen molar-refractivity contribution in [3.05, 3.63) is 113 Å². The summed E-state index contributed by atoms with van der Waals surface area (Å²) in [6.07, 6.45) is -0.412. The lowest BCUT2D eigenvalue weighted by Crippen LogP contribution is -2.46. The Bertz CT molecular complexity index is 2000. The number of thioether (sulfide) groups is 1. The lowest BCUT2D eigenvalue weighted by atomic mass is 10.1. The number of carbonyl (C=O) groups excluding carboxylic acids is 2. The van der Waals surface area contributed by atoms with Crippen molar-refractivity contribution in [2.45, 2.75) is 18.2 Å². The molecule has 0 aliphatic heterocycles. The van der Waals surface area contributed by atoms with E-state index in [1.165, 1.54) is 23.9 Å². The SMILES string of the molecule is O=C(Cc1ccc(F)cc1F)NC(CSCc1nc2c(F)cc(F)cc2s1)C(=O)Nc1c2ccccc2nc2ccccc12. The fourth-order valence-corrected chi connectivity index (χ4v) is 6.90. The number of nitrogens with zero attached hydrogens (tertiary/aromatic N) is 2. The van der Waals surface area contributed by atoms with Gasteiger partial charge in [0.15, 0.2) is 5.82 Å². The Kier molecular flexibility index (Phi) is 8.45. The number of para-hydroxylation sites is 2. The number of hydrogen-bond donors (Lipinski definition) is 2. The molecule has 6 rings (SSSR count).